The molecule has 1 saturated carbocycles. The van der Waals surface area contributed by atoms with E-state index in [9.17, 15) is 18.3 Å². The van der Waals surface area contributed by atoms with Crippen LogP contribution in [0.5, 0.6) is 0 Å². The summed E-state index contributed by atoms with van der Waals surface area (Å²) < 4.78 is 27.0. The average molecular weight is 315 g/mol. The first-order valence-corrected chi connectivity index (χ1v) is 9.04. The lowest BCUT2D eigenvalue weighted by atomic mass is 10.0. The molecule has 1 N–H and O–H groups in total. The van der Waals surface area contributed by atoms with Gasteiger partial charge in [0.1, 0.15) is 9.77 Å². The Balaban J connectivity index is 1.97. The number of carbonyl (C=O) groups is 1. The number of nitrogens with zero attached hydrogens (tertiary/aromatic N) is 1. The van der Waals surface area contributed by atoms with Crippen molar-refractivity contribution in [3.8, 4) is 0 Å². The van der Waals surface area contributed by atoms with Crippen LogP contribution in [0.1, 0.15) is 34.5 Å². The Bertz CT molecular complexity index is 637. The van der Waals surface area contributed by atoms with Crippen molar-refractivity contribution in [2.45, 2.75) is 31.1 Å². The number of hydrogen-bond donors (Lipinski definition) is 1. The van der Waals surface area contributed by atoms with E-state index in [0.29, 0.717) is 30.5 Å². The van der Waals surface area contributed by atoms with Gasteiger partial charge in [0.15, 0.2) is 0 Å². The normalized spacial score (nSPS) is 26.9. The van der Waals surface area contributed by atoms with Crippen molar-refractivity contribution in [3.63, 3.8) is 0 Å². The average Bonchev–Trinajstić information content (AvgIpc) is 3.00. The molecule has 1 aromatic rings. The first kappa shape index (κ1) is 14.0. The van der Waals surface area contributed by atoms with Crippen molar-refractivity contribution in [1.82, 2.24) is 4.31 Å². The molecule has 3 rings (SSSR count). The second-order valence-electron chi connectivity index (χ2n) is 5.66. The van der Waals surface area contributed by atoms with Crippen molar-refractivity contribution in [3.05, 3.63) is 15.8 Å². The molecule has 1 aliphatic heterocycles. The van der Waals surface area contributed by atoms with E-state index in [1.165, 1.54) is 10.7 Å². The van der Waals surface area contributed by atoms with Gasteiger partial charge in [0.25, 0.3) is 0 Å². The number of thiophene rings is 1. The quantitative estimate of drug-likeness (QED) is 0.927. The van der Waals surface area contributed by atoms with Crippen LogP contribution in [0.25, 0.3) is 0 Å². The van der Waals surface area contributed by atoms with Gasteiger partial charge in [0.2, 0.25) is 10.0 Å². The van der Waals surface area contributed by atoms with Gasteiger partial charge < -0.3 is 5.11 Å². The summed E-state index contributed by atoms with van der Waals surface area (Å²) in [7, 11) is -3.68. The predicted molar refractivity (Wildman–Crippen MR) is 75.6 cm³/mol. The van der Waals surface area contributed by atoms with Crippen molar-refractivity contribution in [1.29, 1.82) is 0 Å². The SMILES string of the molecule is Cc1csc(C(=O)O)c1S(=O)(=O)N1CC2CCCC2C1. The van der Waals surface area contributed by atoms with Gasteiger partial charge in [-0.2, -0.15) is 4.31 Å². The molecule has 0 aromatic carbocycles. The van der Waals surface area contributed by atoms with Crippen LogP contribution in [0.3, 0.4) is 0 Å². The molecule has 1 aliphatic carbocycles. The largest absolute Gasteiger partial charge is 0.477 e. The van der Waals surface area contributed by atoms with Crippen LogP contribution in [-0.4, -0.2) is 36.9 Å². The number of carboxylic acid groups (broad SMARTS) is 1. The summed E-state index contributed by atoms with van der Waals surface area (Å²) in [4.78, 5) is 11.1. The Morgan fingerprint density at radius 1 is 1.35 bits per heavy atom. The van der Waals surface area contributed by atoms with Crippen LogP contribution in [0.2, 0.25) is 0 Å². The summed E-state index contributed by atoms with van der Waals surface area (Å²) in [5.41, 5.74) is 0.532. The van der Waals surface area contributed by atoms with Crippen LogP contribution in [0, 0.1) is 18.8 Å². The van der Waals surface area contributed by atoms with Crippen LogP contribution >= 0.6 is 11.3 Å². The third kappa shape index (κ3) is 2.08. The fourth-order valence-corrected chi connectivity index (χ4v) is 6.56. The number of hydrogen-bond acceptors (Lipinski definition) is 4. The Kier molecular flexibility index (Phi) is 3.38. The Labute approximate surface area is 122 Å². The molecule has 5 nitrogen and oxygen atoms in total. The molecule has 1 saturated heterocycles. The van der Waals surface area contributed by atoms with E-state index in [2.05, 4.69) is 0 Å². The summed E-state index contributed by atoms with van der Waals surface area (Å²) in [5.74, 6) is -0.255. The third-order valence-corrected chi connectivity index (χ3v) is 7.64. The lowest BCUT2D eigenvalue weighted by molar-refractivity contribution is 0.0698. The Hall–Kier alpha value is -0.920. The third-order valence-electron chi connectivity index (χ3n) is 4.40. The van der Waals surface area contributed by atoms with E-state index in [-0.39, 0.29) is 9.77 Å². The second kappa shape index (κ2) is 4.82. The number of sulfonamides is 1. The molecule has 0 radical (unpaired) electrons. The van der Waals surface area contributed by atoms with E-state index >= 15 is 0 Å². The molecule has 0 spiro atoms. The molecule has 110 valence electrons. The van der Waals surface area contributed by atoms with Gasteiger partial charge >= 0.3 is 5.97 Å². The fraction of sp³-hybridized carbons (Fsp3) is 0.615. The van der Waals surface area contributed by atoms with Crippen LogP contribution in [0.15, 0.2) is 10.3 Å². The monoisotopic (exact) mass is 315 g/mol. The van der Waals surface area contributed by atoms with E-state index in [1.807, 2.05) is 0 Å². The molecule has 1 aromatic heterocycles. The number of aromatic carboxylic acids is 1. The topological polar surface area (TPSA) is 74.7 Å². The fourth-order valence-electron chi connectivity index (χ4n) is 3.42. The maximum absolute atomic E-state index is 12.7. The van der Waals surface area contributed by atoms with Gasteiger partial charge in [-0.25, -0.2) is 13.2 Å². The first-order chi connectivity index (χ1) is 9.41. The van der Waals surface area contributed by atoms with Crippen LogP contribution in [0.4, 0.5) is 0 Å². The minimum absolute atomic E-state index is 0.00465. The number of aryl methyl sites for hydroxylation is 1. The second-order valence-corrected chi connectivity index (χ2v) is 8.41. The minimum atomic E-state index is -3.68. The lowest BCUT2D eigenvalue weighted by Crippen LogP contribution is -2.30. The highest BCUT2D eigenvalue weighted by Gasteiger charge is 2.43. The predicted octanol–water partition coefficient (Wildman–Crippen LogP) is 2.18. The molecular formula is C13H17NO4S2. The van der Waals surface area contributed by atoms with Gasteiger partial charge in [-0.05, 0) is 42.5 Å². The van der Waals surface area contributed by atoms with Crippen LogP contribution < -0.4 is 0 Å². The molecule has 0 bridgehead atoms. The smallest absolute Gasteiger partial charge is 0.347 e. The van der Waals surface area contributed by atoms with Gasteiger partial charge in [-0.15, -0.1) is 11.3 Å². The van der Waals surface area contributed by atoms with Crippen molar-refractivity contribution < 1.29 is 18.3 Å². The molecule has 2 aliphatic rings. The maximum Gasteiger partial charge on any atom is 0.347 e. The highest BCUT2D eigenvalue weighted by molar-refractivity contribution is 7.89. The van der Waals surface area contributed by atoms with Crippen molar-refractivity contribution in [2.75, 3.05) is 13.1 Å². The molecule has 2 heterocycles. The van der Waals surface area contributed by atoms with Gasteiger partial charge in [0, 0.05) is 13.1 Å². The van der Waals surface area contributed by atoms with E-state index < -0.39 is 16.0 Å². The molecule has 0 amide bonds. The van der Waals surface area contributed by atoms with E-state index in [0.717, 1.165) is 24.2 Å². The first-order valence-electron chi connectivity index (χ1n) is 6.73. The minimum Gasteiger partial charge on any atom is -0.477 e. The zero-order valence-corrected chi connectivity index (χ0v) is 12.8. The van der Waals surface area contributed by atoms with Gasteiger partial charge in [-0.3, -0.25) is 0 Å². The lowest BCUT2D eigenvalue weighted by Gasteiger charge is -2.17. The number of carboxylic acids is 1. The molecule has 7 heteroatoms. The zero-order chi connectivity index (χ0) is 14.5. The summed E-state index contributed by atoms with van der Waals surface area (Å²) in [5, 5.41) is 10.8. The highest BCUT2D eigenvalue weighted by Crippen LogP contribution is 2.41. The standard InChI is InChI=1S/C13H17NO4S2/c1-8-7-19-11(13(15)16)12(8)20(17,18)14-5-9-3-2-4-10(9)6-14/h7,9-10H,2-6H2,1H3,(H,15,16). The van der Waals surface area contributed by atoms with Crippen molar-refractivity contribution in [2.24, 2.45) is 11.8 Å². The van der Waals surface area contributed by atoms with Crippen molar-refractivity contribution >= 4 is 27.3 Å². The van der Waals surface area contributed by atoms with Gasteiger partial charge in [-0.1, -0.05) is 6.42 Å². The zero-order valence-electron chi connectivity index (χ0n) is 11.2. The van der Waals surface area contributed by atoms with E-state index in [1.54, 1.807) is 12.3 Å². The van der Waals surface area contributed by atoms with Gasteiger partial charge in [0.05, 0.1) is 0 Å². The summed E-state index contributed by atoms with van der Waals surface area (Å²) >= 11 is 0.986. The highest BCUT2D eigenvalue weighted by atomic mass is 32.2. The van der Waals surface area contributed by atoms with E-state index in [4.69, 9.17) is 0 Å². The molecule has 2 atom stereocenters. The molecule has 2 fully saturated rings. The van der Waals surface area contributed by atoms with Crippen LogP contribution in [-0.2, 0) is 10.0 Å². The summed E-state index contributed by atoms with van der Waals surface area (Å²) in [6.45, 7) is 2.75. The summed E-state index contributed by atoms with van der Waals surface area (Å²) in [6.07, 6.45) is 3.36. The molecule has 2 unspecified atom stereocenters. The number of fused-ring (bicyclic) bond motifs is 1. The Morgan fingerprint density at radius 2 is 1.95 bits per heavy atom. The molecule has 20 heavy (non-hydrogen) atoms. The maximum atomic E-state index is 12.7. The number of rotatable bonds is 3. The molecular weight excluding hydrogens is 298 g/mol. The summed E-state index contributed by atoms with van der Waals surface area (Å²) in [6, 6.07) is 0. The Morgan fingerprint density at radius 3 is 2.50 bits per heavy atom.